The molecule has 5 nitrogen and oxygen atoms in total. The molecule has 0 amide bonds. The predicted octanol–water partition coefficient (Wildman–Crippen LogP) is 2.14. The minimum atomic E-state index is -1.05. The summed E-state index contributed by atoms with van der Waals surface area (Å²) in [6.07, 6.45) is 0. The van der Waals surface area contributed by atoms with Crippen LogP contribution in [0.4, 0.5) is 0 Å². The van der Waals surface area contributed by atoms with Crippen LogP contribution in [0.3, 0.4) is 0 Å². The largest absolute Gasteiger partial charge is 0.496 e. The van der Waals surface area contributed by atoms with Crippen molar-refractivity contribution in [2.75, 3.05) is 14.2 Å². The first-order valence-electron chi connectivity index (χ1n) is 6.87. The van der Waals surface area contributed by atoms with Crippen LogP contribution in [0.15, 0.2) is 36.4 Å². The van der Waals surface area contributed by atoms with Crippen molar-refractivity contribution in [2.45, 2.75) is 0 Å². The molecule has 0 heterocycles. The molecule has 1 atom stereocenters. The fourth-order valence-electron chi connectivity index (χ4n) is 1.98. The molecule has 0 bridgehead atoms. The molecule has 0 saturated carbocycles. The minimum Gasteiger partial charge on any atom is -0.496 e. The summed E-state index contributed by atoms with van der Waals surface area (Å²) in [4.78, 5) is 22.9. The molecule has 1 N–H and O–H groups in total. The number of carboxylic acids is 1. The average Bonchev–Trinajstić information content (AvgIpc) is 2.59. The smallest absolute Gasteiger partial charge is 0.335 e. The Bertz CT molecular complexity index is 844. The normalized spacial score (nSPS) is 9.62. The van der Waals surface area contributed by atoms with Gasteiger partial charge in [-0.2, -0.15) is 0 Å². The minimum absolute atomic E-state index is 0.115. The monoisotopic (exact) mass is 342 g/mol. The molecule has 6 heteroatoms. The third-order valence-electron chi connectivity index (χ3n) is 3.26. The molecule has 2 rings (SSSR count). The van der Waals surface area contributed by atoms with E-state index in [1.54, 1.807) is 19.2 Å². The van der Waals surface area contributed by atoms with Gasteiger partial charge in [0, 0.05) is 16.9 Å². The highest BCUT2D eigenvalue weighted by atomic mass is 31.0. The van der Waals surface area contributed by atoms with Gasteiger partial charge in [0.15, 0.2) is 0 Å². The molecule has 122 valence electrons. The molecule has 1 unspecified atom stereocenters. The lowest BCUT2D eigenvalue weighted by Gasteiger charge is -2.09. The molecular weight excluding hydrogens is 327 g/mol. The summed E-state index contributed by atoms with van der Waals surface area (Å²) in [5.41, 5.74) is 0.994. The number of aromatic carboxylic acids is 1. The van der Waals surface area contributed by atoms with E-state index >= 15 is 0 Å². The topological polar surface area (TPSA) is 72.8 Å². The van der Waals surface area contributed by atoms with Crippen LogP contribution in [0.5, 0.6) is 11.5 Å². The van der Waals surface area contributed by atoms with Gasteiger partial charge in [-0.1, -0.05) is 5.92 Å². The molecule has 0 radical (unpaired) electrons. The molecule has 2 aromatic rings. The first-order chi connectivity index (χ1) is 11.5. The number of ether oxygens (including phenoxy) is 2. The zero-order valence-corrected chi connectivity index (χ0v) is 14.3. The summed E-state index contributed by atoms with van der Waals surface area (Å²) in [5.74, 6) is 5.00. The van der Waals surface area contributed by atoms with Gasteiger partial charge in [0.2, 0.25) is 5.78 Å². The lowest BCUT2D eigenvalue weighted by atomic mass is 10.1. The van der Waals surface area contributed by atoms with Gasteiger partial charge in [0.1, 0.15) is 11.5 Å². The molecule has 0 fully saturated rings. The summed E-state index contributed by atoms with van der Waals surface area (Å²) in [6.45, 7) is 0. The van der Waals surface area contributed by atoms with Crippen molar-refractivity contribution in [3.8, 4) is 23.3 Å². The second-order valence-corrected chi connectivity index (χ2v) is 5.38. The number of Topliss-reactive ketones (excluding diaryl/α,β-unsaturated/α-hetero) is 1. The number of hydrogen-bond donors (Lipinski definition) is 1. The van der Waals surface area contributed by atoms with Crippen LogP contribution in [0.2, 0.25) is 0 Å². The van der Waals surface area contributed by atoms with Crippen LogP contribution in [0.25, 0.3) is 0 Å². The van der Waals surface area contributed by atoms with E-state index < -0.39 is 11.8 Å². The number of carbonyl (C=O) groups is 2. The van der Waals surface area contributed by atoms with Gasteiger partial charge in [-0.15, -0.1) is 9.24 Å². The van der Waals surface area contributed by atoms with E-state index in [0.29, 0.717) is 22.6 Å². The Labute approximate surface area is 141 Å². The molecule has 0 spiro atoms. The number of methoxy groups -OCH3 is 2. The van der Waals surface area contributed by atoms with Crippen molar-refractivity contribution >= 4 is 26.3 Å². The maximum absolute atomic E-state index is 12.1. The average molecular weight is 342 g/mol. The summed E-state index contributed by atoms with van der Waals surface area (Å²) < 4.78 is 10.5. The highest BCUT2D eigenvalue weighted by Gasteiger charge is 2.08. The highest BCUT2D eigenvalue weighted by molar-refractivity contribution is 7.27. The van der Waals surface area contributed by atoms with E-state index in [4.69, 9.17) is 14.6 Å². The van der Waals surface area contributed by atoms with Crippen LogP contribution < -0.4 is 14.8 Å². The predicted molar refractivity (Wildman–Crippen MR) is 93.5 cm³/mol. The van der Waals surface area contributed by atoms with Gasteiger partial charge >= 0.3 is 5.97 Å². The standard InChI is InChI=1S/C18H15O5P/c1-22-15-10-16(23-2)17(24)9-13(15)7-8-14(19)11-3-5-12(6-4-11)18(20)21/h3-6,9-10H,24H2,1-2H3,(H,20,21). The van der Waals surface area contributed by atoms with Crippen LogP contribution in [0.1, 0.15) is 26.3 Å². The van der Waals surface area contributed by atoms with E-state index in [-0.39, 0.29) is 5.56 Å². The molecule has 0 saturated heterocycles. The van der Waals surface area contributed by atoms with Gasteiger partial charge < -0.3 is 14.6 Å². The third-order valence-corrected chi connectivity index (χ3v) is 3.71. The summed E-state index contributed by atoms with van der Waals surface area (Å²) in [5, 5.41) is 9.65. The van der Waals surface area contributed by atoms with Gasteiger partial charge in [-0.05, 0) is 36.3 Å². The van der Waals surface area contributed by atoms with Crippen molar-refractivity contribution in [3.63, 3.8) is 0 Å². The Morgan fingerprint density at radius 3 is 2.12 bits per heavy atom. The van der Waals surface area contributed by atoms with E-state index in [1.807, 2.05) is 0 Å². The lowest BCUT2D eigenvalue weighted by Crippen LogP contribution is -2.02. The Kier molecular flexibility index (Phi) is 5.57. The van der Waals surface area contributed by atoms with Crippen molar-refractivity contribution in [1.82, 2.24) is 0 Å². The summed E-state index contributed by atoms with van der Waals surface area (Å²) >= 11 is 0. The molecular formula is C18H15O5P. The van der Waals surface area contributed by atoms with E-state index in [0.717, 1.165) is 5.30 Å². The van der Waals surface area contributed by atoms with Crippen molar-refractivity contribution in [2.24, 2.45) is 0 Å². The fourth-order valence-corrected chi connectivity index (χ4v) is 2.35. The van der Waals surface area contributed by atoms with E-state index in [2.05, 4.69) is 21.1 Å². The second kappa shape index (κ2) is 7.63. The molecule has 0 aliphatic carbocycles. The summed E-state index contributed by atoms with van der Waals surface area (Å²) in [6, 6.07) is 9.05. The maximum Gasteiger partial charge on any atom is 0.335 e. The number of carbonyl (C=O) groups excluding carboxylic acids is 1. The van der Waals surface area contributed by atoms with Crippen molar-refractivity contribution in [1.29, 1.82) is 0 Å². The first-order valence-corrected chi connectivity index (χ1v) is 7.45. The van der Waals surface area contributed by atoms with E-state index in [1.165, 1.54) is 31.4 Å². The molecule has 2 aromatic carbocycles. The zero-order valence-electron chi connectivity index (χ0n) is 13.1. The SMILES string of the molecule is COc1cc(OC)c(C#CC(=O)c2ccc(C(=O)O)cc2)cc1P. The zero-order chi connectivity index (χ0) is 17.7. The molecule has 0 aromatic heterocycles. The highest BCUT2D eigenvalue weighted by Crippen LogP contribution is 2.23. The van der Waals surface area contributed by atoms with Crippen molar-refractivity contribution < 1.29 is 24.2 Å². The Morgan fingerprint density at radius 2 is 1.58 bits per heavy atom. The number of hydrogen-bond acceptors (Lipinski definition) is 4. The van der Waals surface area contributed by atoms with Gasteiger partial charge in [0.05, 0.1) is 25.3 Å². The van der Waals surface area contributed by atoms with Crippen LogP contribution >= 0.6 is 9.24 Å². The maximum atomic E-state index is 12.1. The Hall–Kier alpha value is -2.83. The quantitative estimate of drug-likeness (QED) is 0.524. The lowest BCUT2D eigenvalue weighted by molar-refractivity contribution is 0.0696. The number of ketones is 1. The number of rotatable bonds is 4. The van der Waals surface area contributed by atoms with Crippen LogP contribution in [0, 0.1) is 11.8 Å². The molecule has 24 heavy (non-hydrogen) atoms. The van der Waals surface area contributed by atoms with E-state index in [9.17, 15) is 9.59 Å². The molecule has 0 aliphatic heterocycles. The third kappa shape index (κ3) is 3.92. The second-order valence-electron chi connectivity index (χ2n) is 4.76. The number of carboxylic acid groups (broad SMARTS) is 1. The summed E-state index contributed by atoms with van der Waals surface area (Å²) in [7, 11) is 5.59. The van der Waals surface area contributed by atoms with Crippen molar-refractivity contribution in [3.05, 3.63) is 53.1 Å². The van der Waals surface area contributed by atoms with Crippen LogP contribution in [-0.2, 0) is 0 Å². The van der Waals surface area contributed by atoms with Gasteiger partial charge in [0.25, 0.3) is 0 Å². The Balaban J connectivity index is 2.30. The first kappa shape index (κ1) is 17.5. The fraction of sp³-hybridized carbons (Fsp3) is 0.111. The van der Waals surface area contributed by atoms with Gasteiger partial charge in [-0.25, -0.2) is 4.79 Å². The Morgan fingerprint density at radius 1 is 1.00 bits per heavy atom. The van der Waals surface area contributed by atoms with Gasteiger partial charge in [-0.3, -0.25) is 4.79 Å². The molecule has 0 aliphatic rings. The van der Waals surface area contributed by atoms with Crippen LogP contribution in [-0.4, -0.2) is 31.1 Å². The number of benzene rings is 2.